The molecule has 164 valence electrons. The van der Waals surface area contributed by atoms with Gasteiger partial charge in [0.2, 0.25) is 0 Å². The Bertz CT molecular complexity index is 1380. The molecule has 0 unspecified atom stereocenters. The molecule has 0 atom stereocenters. The van der Waals surface area contributed by atoms with E-state index in [0.717, 1.165) is 34.5 Å². The Hall–Kier alpha value is -4.17. The second-order valence-corrected chi connectivity index (χ2v) is 8.03. The van der Waals surface area contributed by atoms with Crippen molar-refractivity contribution in [1.82, 2.24) is 9.55 Å². The lowest BCUT2D eigenvalue weighted by atomic mass is 9.99. The molecule has 0 saturated heterocycles. The number of phenols is 1. The molecule has 4 rings (SSSR count). The molecule has 0 spiro atoms. The normalized spacial score (nSPS) is 10.7. The lowest BCUT2D eigenvalue weighted by molar-refractivity contribution is 0.475. The van der Waals surface area contributed by atoms with Crippen molar-refractivity contribution in [3.63, 3.8) is 0 Å². The molecule has 5 nitrogen and oxygen atoms in total. The maximum atomic E-state index is 13.6. The number of nitriles is 1. The van der Waals surface area contributed by atoms with E-state index in [1.807, 2.05) is 55.5 Å². The maximum Gasteiger partial charge on any atom is 0.261 e. The Morgan fingerprint density at radius 2 is 1.64 bits per heavy atom. The van der Waals surface area contributed by atoms with Gasteiger partial charge in [-0.15, -0.1) is 0 Å². The van der Waals surface area contributed by atoms with Crippen LogP contribution >= 0.6 is 0 Å². The smallest absolute Gasteiger partial charge is 0.261 e. The second-order valence-electron chi connectivity index (χ2n) is 8.03. The summed E-state index contributed by atoms with van der Waals surface area (Å²) >= 11 is 0. The van der Waals surface area contributed by atoms with E-state index in [1.54, 1.807) is 28.8 Å². The molecule has 1 N–H and O–H groups in total. The quantitative estimate of drug-likeness (QED) is 0.436. The van der Waals surface area contributed by atoms with E-state index in [4.69, 9.17) is 4.98 Å². The van der Waals surface area contributed by atoms with Crippen LogP contribution in [-0.4, -0.2) is 14.7 Å². The van der Waals surface area contributed by atoms with Gasteiger partial charge in [-0.25, -0.2) is 4.98 Å². The minimum Gasteiger partial charge on any atom is -0.508 e. The van der Waals surface area contributed by atoms with E-state index in [9.17, 15) is 15.2 Å². The van der Waals surface area contributed by atoms with Gasteiger partial charge >= 0.3 is 0 Å². The first kappa shape index (κ1) is 22.0. The second kappa shape index (κ2) is 9.54. The standard InChI is InChI=1S/C28H25N3O2/c1-3-6-26-30-19(2)27(22-13-15-24(32)16-14-22)28(33)31(26)18-20-9-11-21(12-10-20)25-8-5-4-7-23(25)17-29/h4-5,7-16,32H,3,6,18H2,1-2H3. The van der Waals surface area contributed by atoms with Gasteiger partial charge in [0.25, 0.3) is 5.56 Å². The van der Waals surface area contributed by atoms with Crippen LogP contribution in [0.15, 0.2) is 77.6 Å². The molecule has 1 heterocycles. The first-order chi connectivity index (χ1) is 16.0. The van der Waals surface area contributed by atoms with Crippen molar-refractivity contribution in [3.8, 4) is 34.1 Å². The molecule has 0 radical (unpaired) electrons. The highest BCUT2D eigenvalue weighted by molar-refractivity contribution is 5.70. The van der Waals surface area contributed by atoms with E-state index in [1.165, 1.54) is 0 Å². The largest absolute Gasteiger partial charge is 0.508 e. The Morgan fingerprint density at radius 1 is 0.970 bits per heavy atom. The van der Waals surface area contributed by atoms with Crippen molar-refractivity contribution in [1.29, 1.82) is 5.26 Å². The van der Waals surface area contributed by atoms with Crippen LogP contribution in [0.1, 0.15) is 36.0 Å². The molecule has 0 saturated carbocycles. The van der Waals surface area contributed by atoms with Gasteiger partial charge in [-0.3, -0.25) is 9.36 Å². The third-order valence-corrected chi connectivity index (χ3v) is 5.71. The van der Waals surface area contributed by atoms with Gasteiger partial charge in [0.15, 0.2) is 0 Å². The van der Waals surface area contributed by atoms with Crippen LogP contribution in [0.3, 0.4) is 0 Å². The fourth-order valence-electron chi connectivity index (χ4n) is 4.06. The first-order valence-corrected chi connectivity index (χ1v) is 11.0. The zero-order valence-electron chi connectivity index (χ0n) is 18.7. The predicted molar refractivity (Wildman–Crippen MR) is 130 cm³/mol. The van der Waals surface area contributed by atoms with Gasteiger partial charge in [-0.05, 0) is 53.8 Å². The number of aromatic nitrogens is 2. The number of hydrogen-bond acceptors (Lipinski definition) is 4. The topological polar surface area (TPSA) is 78.9 Å². The lowest BCUT2D eigenvalue weighted by Gasteiger charge is -2.16. The third-order valence-electron chi connectivity index (χ3n) is 5.71. The van der Waals surface area contributed by atoms with Crippen LogP contribution in [0.5, 0.6) is 5.75 Å². The molecule has 0 fully saturated rings. The monoisotopic (exact) mass is 435 g/mol. The molecule has 5 heteroatoms. The van der Waals surface area contributed by atoms with Crippen molar-refractivity contribution in [2.24, 2.45) is 0 Å². The molecule has 0 bridgehead atoms. The van der Waals surface area contributed by atoms with Crippen LogP contribution < -0.4 is 5.56 Å². The van der Waals surface area contributed by atoms with Crippen molar-refractivity contribution in [2.45, 2.75) is 33.2 Å². The van der Waals surface area contributed by atoms with E-state index in [0.29, 0.717) is 29.8 Å². The summed E-state index contributed by atoms with van der Waals surface area (Å²) in [6, 6.07) is 24.4. The zero-order valence-corrected chi connectivity index (χ0v) is 18.7. The van der Waals surface area contributed by atoms with Gasteiger partial charge < -0.3 is 5.11 Å². The van der Waals surface area contributed by atoms with E-state index in [2.05, 4.69) is 13.0 Å². The molecule has 0 aliphatic rings. The summed E-state index contributed by atoms with van der Waals surface area (Å²) in [5, 5.41) is 19.0. The SMILES string of the molecule is CCCc1nc(C)c(-c2ccc(O)cc2)c(=O)n1Cc1ccc(-c2ccccc2C#N)cc1. The van der Waals surface area contributed by atoms with Crippen molar-refractivity contribution >= 4 is 0 Å². The minimum absolute atomic E-state index is 0.0875. The fourth-order valence-corrected chi connectivity index (χ4v) is 4.06. The summed E-state index contributed by atoms with van der Waals surface area (Å²) < 4.78 is 1.75. The summed E-state index contributed by atoms with van der Waals surface area (Å²) in [6.45, 7) is 4.34. The number of aromatic hydroxyl groups is 1. The molecular weight excluding hydrogens is 410 g/mol. The van der Waals surface area contributed by atoms with Crippen LogP contribution in [0.25, 0.3) is 22.3 Å². The van der Waals surface area contributed by atoms with Gasteiger partial charge in [0.05, 0.1) is 29.4 Å². The van der Waals surface area contributed by atoms with Gasteiger partial charge in [-0.2, -0.15) is 5.26 Å². The zero-order chi connectivity index (χ0) is 23.4. The van der Waals surface area contributed by atoms with Crippen LogP contribution in [0.4, 0.5) is 0 Å². The number of benzene rings is 3. The number of hydrogen-bond donors (Lipinski definition) is 1. The molecular formula is C28H25N3O2. The summed E-state index contributed by atoms with van der Waals surface area (Å²) in [7, 11) is 0. The number of rotatable bonds is 6. The fraction of sp³-hybridized carbons (Fsp3) is 0.179. The molecule has 0 aliphatic carbocycles. The van der Waals surface area contributed by atoms with Crippen LogP contribution in [-0.2, 0) is 13.0 Å². The predicted octanol–water partition coefficient (Wildman–Crippen LogP) is 5.46. The summed E-state index contributed by atoms with van der Waals surface area (Å²) in [6.07, 6.45) is 1.59. The Morgan fingerprint density at radius 3 is 2.30 bits per heavy atom. The molecule has 4 aromatic rings. The van der Waals surface area contributed by atoms with Gasteiger partial charge in [0, 0.05) is 6.42 Å². The van der Waals surface area contributed by atoms with Crippen molar-refractivity contribution < 1.29 is 5.11 Å². The lowest BCUT2D eigenvalue weighted by Crippen LogP contribution is -2.28. The Labute approximate surface area is 193 Å². The molecule has 0 aliphatic heterocycles. The highest BCUT2D eigenvalue weighted by atomic mass is 16.3. The summed E-state index contributed by atoms with van der Waals surface area (Å²) in [5.41, 5.74) is 5.36. The molecule has 1 aromatic heterocycles. The number of nitrogens with zero attached hydrogens (tertiary/aromatic N) is 3. The van der Waals surface area contributed by atoms with E-state index < -0.39 is 0 Å². The maximum absolute atomic E-state index is 13.6. The summed E-state index contributed by atoms with van der Waals surface area (Å²) in [5.74, 6) is 0.923. The van der Waals surface area contributed by atoms with Crippen LogP contribution in [0, 0.1) is 18.3 Å². The number of aryl methyl sites for hydroxylation is 2. The number of phenolic OH excluding ortho intramolecular Hbond substituents is 1. The summed E-state index contributed by atoms with van der Waals surface area (Å²) in [4.78, 5) is 18.3. The first-order valence-electron chi connectivity index (χ1n) is 11.0. The average Bonchev–Trinajstić information content (AvgIpc) is 2.83. The average molecular weight is 436 g/mol. The van der Waals surface area contributed by atoms with Gasteiger partial charge in [0.1, 0.15) is 11.6 Å². The van der Waals surface area contributed by atoms with Gasteiger partial charge in [-0.1, -0.05) is 61.5 Å². The van der Waals surface area contributed by atoms with E-state index >= 15 is 0 Å². The van der Waals surface area contributed by atoms with Crippen molar-refractivity contribution in [2.75, 3.05) is 0 Å². The highest BCUT2D eigenvalue weighted by Gasteiger charge is 2.16. The third kappa shape index (κ3) is 4.56. The van der Waals surface area contributed by atoms with Crippen molar-refractivity contribution in [3.05, 3.63) is 106 Å². The molecule has 0 amide bonds. The molecule has 3 aromatic carbocycles. The molecule has 33 heavy (non-hydrogen) atoms. The Kier molecular flexibility index (Phi) is 6.37. The van der Waals surface area contributed by atoms with E-state index in [-0.39, 0.29) is 11.3 Å². The minimum atomic E-state index is -0.0875. The Balaban J connectivity index is 1.74. The van der Waals surface area contributed by atoms with Crippen LogP contribution in [0.2, 0.25) is 0 Å². The highest BCUT2D eigenvalue weighted by Crippen LogP contribution is 2.25.